The summed E-state index contributed by atoms with van der Waals surface area (Å²) in [6.45, 7) is 0.336. The number of ether oxygens (including phenoxy) is 1. The van der Waals surface area contributed by atoms with Crippen molar-refractivity contribution in [1.29, 1.82) is 0 Å². The van der Waals surface area contributed by atoms with Gasteiger partial charge in [-0.25, -0.2) is 14.3 Å². The Bertz CT molecular complexity index is 1410. The number of amides is 2. The first kappa shape index (κ1) is 24.7. The minimum atomic E-state index is -0.682. The first-order chi connectivity index (χ1) is 18.0. The summed E-state index contributed by atoms with van der Waals surface area (Å²) < 4.78 is 19.0. The Morgan fingerprint density at radius 1 is 1.11 bits per heavy atom. The highest BCUT2D eigenvalue weighted by Crippen LogP contribution is 2.35. The van der Waals surface area contributed by atoms with Crippen LogP contribution < -0.4 is 10.1 Å². The van der Waals surface area contributed by atoms with Crippen molar-refractivity contribution < 1.29 is 18.7 Å². The van der Waals surface area contributed by atoms with Crippen LogP contribution in [0.2, 0.25) is 0 Å². The third-order valence-corrected chi connectivity index (χ3v) is 7.13. The summed E-state index contributed by atoms with van der Waals surface area (Å²) in [7, 11) is 1.59. The lowest BCUT2D eigenvalue weighted by Crippen LogP contribution is -2.41. The largest absolute Gasteiger partial charge is 0.496 e. The van der Waals surface area contributed by atoms with Gasteiger partial charge in [0.2, 0.25) is 5.91 Å². The van der Waals surface area contributed by atoms with Crippen LogP contribution in [0.3, 0.4) is 0 Å². The Morgan fingerprint density at radius 2 is 1.92 bits per heavy atom. The number of aliphatic imine (C=N–C) groups is 2. The van der Waals surface area contributed by atoms with Crippen molar-refractivity contribution in [2.45, 2.75) is 31.2 Å². The molecule has 5 rings (SSSR count). The molecule has 0 aliphatic carbocycles. The van der Waals surface area contributed by atoms with Crippen LogP contribution in [0, 0.1) is 5.82 Å². The van der Waals surface area contributed by atoms with Gasteiger partial charge in [-0.05, 0) is 42.3 Å². The molecule has 0 spiro atoms. The Balaban J connectivity index is 1.27. The van der Waals surface area contributed by atoms with Gasteiger partial charge in [-0.2, -0.15) is 0 Å². The molecule has 37 heavy (non-hydrogen) atoms. The van der Waals surface area contributed by atoms with Crippen molar-refractivity contribution in [1.82, 2.24) is 10.2 Å². The summed E-state index contributed by atoms with van der Waals surface area (Å²) in [4.78, 5) is 36.9. The fraction of sp³-hybridized carbons (Fsp3) is 0.214. The van der Waals surface area contributed by atoms with Crippen LogP contribution in [0.5, 0.6) is 5.75 Å². The predicted molar refractivity (Wildman–Crippen MR) is 142 cm³/mol. The molecule has 1 N–H and O–H groups in total. The summed E-state index contributed by atoms with van der Waals surface area (Å²) in [5, 5.41) is 3.39. The van der Waals surface area contributed by atoms with E-state index in [1.54, 1.807) is 13.2 Å². The number of rotatable bonds is 8. The maximum absolute atomic E-state index is 13.6. The number of benzene rings is 3. The molecule has 7 nitrogen and oxygen atoms in total. The van der Waals surface area contributed by atoms with Gasteiger partial charge in [0.05, 0.1) is 12.8 Å². The molecule has 3 aromatic carbocycles. The van der Waals surface area contributed by atoms with E-state index in [2.05, 4.69) is 5.32 Å². The van der Waals surface area contributed by atoms with E-state index in [4.69, 9.17) is 14.7 Å². The molecule has 0 saturated heterocycles. The fourth-order valence-electron chi connectivity index (χ4n) is 4.26. The Hall–Kier alpha value is -3.98. The van der Waals surface area contributed by atoms with E-state index in [1.807, 2.05) is 54.6 Å². The number of carbonyl (C=O) groups is 2. The van der Waals surface area contributed by atoms with E-state index in [9.17, 15) is 14.0 Å². The number of amidine groups is 2. The molecule has 1 unspecified atom stereocenters. The van der Waals surface area contributed by atoms with Gasteiger partial charge in [-0.3, -0.25) is 14.6 Å². The predicted octanol–water partition coefficient (Wildman–Crippen LogP) is 4.82. The van der Waals surface area contributed by atoms with Gasteiger partial charge in [0.15, 0.2) is 5.17 Å². The van der Waals surface area contributed by atoms with Crippen LogP contribution in [0.4, 0.5) is 10.1 Å². The topological polar surface area (TPSA) is 83.4 Å². The molecule has 2 amide bonds. The number of halogens is 1. The second kappa shape index (κ2) is 11.0. The van der Waals surface area contributed by atoms with Crippen molar-refractivity contribution in [3.05, 3.63) is 95.3 Å². The van der Waals surface area contributed by atoms with Gasteiger partial charge in [0.25, 0.3) is 5.91 Å². The molecule has 9 heteroatoms. The third-order valence-electron chi connectivity index (χ3n) is 6.12. The van der Waals surface area contributed by atoms with Crippen molar-refractivity contribution in [2.75, 3.05) is 7.11 Å². The van der Waals surface area contributed by atoms with Crippen LogP contribution in [0.15, 0.2) is 82.8 Å². The molecular formula is C28H25FN4O3S. The SMILES string of the molecule is COc1ccccc1CNC(=O)CCC1N=C2c3ccccc3N=C(SCc3cccc(F)c3)N2C1=O. The van der Waals surface area contributed by atoms with Gasteiger partial charge < -0.3 is 10.1 Å². The summed E-state index contributed by atoms with van der Waals surface area (Å²) >= 11 is 1.36. The molecular weight excluding hydrogens is 491 g/mol. The van der Waals surface area contributed by atoms with Gasteiger partial charge in [-0.1, -0.05) is 54.2 Å². The third kappa shape index (κ3) is 5.41. The van der Waals surface area contributed by atoms with E-state index in [1.165, 1.54) is 28.8 Å². The average molecular weight is 517 g/mol. The molecule has 1 atom stereocenters. The van der Waals surface area contributed by atoms with Gasteiger partial charge in [0.1, 0.15) is 23.4 Å². The lowest BCUT2D eigenvalue weighted by Gasteiger charge is -2.25. The fourth-order valence-corrected chi connectivity index (χ4v) is 5.20. The van der Waals surface area contributed by atoms with Crippen molar-refractivity contribution >= 4 is 40.3 Å². The smallest absolute Gasteiger partial charge is 0.259 e. The van der Waals surface area contributed by atoms with Crippen LogP contribution in [0.25, 0.3) is 0 Å². The molecule has 0 aromatic heterocycles. The quantitative estimate of drug-likeness (QED) is 0.465. The standard InChI is InChI=1S/C28H25FN4O3S/c1-36-24-12-5-2-8-19(24)16-30-25(34)14-13-23-27(35)33-26(31-23)21-10-3-4-11-22(21)32-28(33)37-17-18-7-6-9-20(29)15-18/h2-12,15,23H,13-14,16-17H2,1H3,(H,30,34). The van der Waals surface area contributed by atoms with E-state index in [-0.39, 0.29) is 30.5 Å². The summed E-state index contributed by atoms with van der Waals surface area (Å²) in [6, 6.07) is 20.7. The van der Waals surface area contributed by atoms with Gasteiger partial charge >= 0.3 is 0 Å². The highest BCUT2D eigenvalue weighted by molar-refractivity contribution is 8.13. The minimum absolute atomic E-state index is 0.154. The number of thioether (sulfide) groups is 1. The number of hydrogen-bond acceptors (Lipinski definition) is 6. The maximum atomic E-state index is 13.6. The second-order valence-electron chi connectivity index (χ2n) is 8.60. The van der Waals surface area contributed by atoms with Crippen LogP contribution in [0.1, 0.15) is 29.5 Å². The molecule has 0 saturated carbocycles. The zero-order valence-corrected chi connectivity index (χ0v) is 21.0. The summed E-state index contributed by atoms with van der Waals surface area (Å²) in [6.07, 6.45) is 0.432. The van der Waals surface area contributed by atoms with E-state index in [0.29, 0.717) is 29.1 Å². The Morgan fingerprint density at radius 3 is 2.76 bits per heavy atom. The summed E-state index contributed by atoms with van der Waals surface area (Å²) in [5.74, 6) is 1.00. The highest BCUT2D eigenvalue weighted by Gasteiger charge is 2.41. The van der Waals surface area contributed by atoms with Crippen LogP contribution in [-0.4, -0.2) is 40.9 Å². The van der Waals surface area contributed by atoms with E-state index in [0.717, 1.165) is 22.4 Å². The highest BCUT2D eigenvalue weighted by atomic mass is 32.2. The molecule has 2 aliphatic rings. The van der Waals surface area contributed by atoms with E-state index < -0.39 is 6.04 Å². The molecule has 0 fully saturated rings. The normalized spacial score (nSPS) is 16.0. The molecule has 2 aliphatic heterocycles. The van der Waals surface area contributed by atoms with Crippen LogP contribution >= 0.6 is 11.8 Å². The minimum Gasteiger partial charge on any atom is -0.496 e. The average Bonchev–Trinajstić information content (AvgIpc) is 3.26. The van der Waals surface area contributed by atoms with E-state index >= 15 is 0 Å². The van der Waals surface area contributed by atoms with Crippen molar-refractivity contribution in [3.63, 3.8) is 0 Å². The monoisotopic (exact) mass is 516 g/mol. The number of hydrogen-bond donors (Lipinski definition) is 1. The molecule has 2 heterocycles. The Labute approximate surface area is 218 Å². The Kier molecular flexibility index (Phi) is 7.32. The van der Waals surface area contributed by atoms with Crippen molar-refractivity contribution in [3.8, 4) is 5.75 Å². The summed E-state index contributed by atoms with van der Waals surface area (Å²) in [5.41, 5.74) is 3.16. The molecule has 188 valence electrons. The number of nitrogens with zero attached hydrogens (tertiary/aromatic N) is 3. The molecule has 0 radical (unpaired) electrons. The second-order valence-corrected chi connectivity index (χ2v) is 9.54. The molecule has 3 aromatic rings. The number of nitrogens with one attached hydrogen (secondary N) is 1. The zero-order chi connectivity index (χ0) is 25.8. The lowest BCUT2D eigenvalue weighted by atomic mass is 10.1. The zero-order valence-electron chi connectivity index (χ0n) is 20.2. The first-order valence-electron chi connectivity index (χ1n) is 11.9. The number of fused-ring (bicyclic) bond motifs is 3. The number of methoxy groups -OCH3 is 1. The molecule has 0 bridgehead atoms. The van der Waals surface area contributed by atoms with Gasteiger partial charge in [-0.15, -0.1) is 0 Å². The van der Waals surface area contributed by atoms with Gasteiger partial charge in [0, 0.05) is 29.8 Å². The maximum Gasteiger partial charge on any atom is 0.259 e. The van der Waals surface area contributed by atoms with Crippen LogP contribution in [-0.2, 0) is 21.9 Å². The number of para-hydroxylation sites is 2. The van der Waals surface area contributed by atoms with Crippen molar-refractivity contribution in [2.24, 2.45) is 9.98 Å². The number of carbonyl (C=O) groups excluding carboxylic acids is 2. The first-order valence-corrected chi connectivity index (χ1v) is 12.9. The lowest BCUT2D eigenvalue weighted by molar-refractivity contribution is -0.125.